The summed E-state index contributed by atoms with van der Waals surface area (Å²) in [6, 6.07) is 9.16. The number of aromatic nitrogens is 4. The number of alkyl halides is 3. The van der Waals surface area contributed by atoms with Crippen molar-refractivity contribution in [3.8, 4) is 0 Å². The first-order chi connectivity index (χ1) is 14.3. The Balaban J connectivity index is 1.41. The van der Waals surface area contributed by atoms with Crippen molar-refractivity contribution in [1.82, 2.24) is 19.6 Å². The molecule has 0 atom stereocenters. The highest BCUT2D eigenvalue weighted by Gasteiger charge is 2.42. The number of carbonyl (C=O) groups excluding carboxylic acids is 1. The van der Waals surface area contributed by atoms with E-state index in [1.165, 1.54) is 4.68 Å². The van der Waals surface area contributed by atoms with E-state index in [0.29, 0.717) is 17.9 Å². The lowest BCUT2D eigenvalue weighted by Gasteiger charge is -2.09. The van der Waals surface area contributed by atoms with Gasteiger partial charge in [0, 0.05) is 30.4 Å². The van der Waals surface area contributed by atoms with Gasteiger partial charge in [-0.05, 0) is 36.6 Å². The van der Waals surface area contributed by atoms with Crippen molar-refractivity contribution in [2.75, 3.05) is 5.32 Å². The number of anilines is 1. The molecule has 2 heterocycles. The van der Waals surface area contributed by atoms with Crippen LogP contribution in [-0.2, 0) is 24.1 Å². The Morgan fingerprint density at radius 1 is 1.27 bits per heavy atom. The maximum Gasteiger partial charge on any atom is 0.436 e. The predicted octanol–water partition coefficient (Wildman–Crippen LogP) is 4.71. The number of carbonyl (C=O) groups is 1. The molecule has 0 saturated heterocycles. The summed E-state index contributed by atoms with van der Waals surface area (Å²) >= 11 is 5.96. The number of nitrogens with zero attached hydrogens (tertiary/aromatic N) is 4. The molecule has 0 radical (unpaired) electrons. The second kappa shape index (κ2) is 8.14. The average Bonchev–Trinajstić information content (AvgIpc) is 3.26. The minimum atomic E-state index is -4.62. The van der Waals surface area contributed by atoms with E-state index in [1.807, 2.05) is 30.5 Å². The van der Waals surface area contributed by atoms with E-state index in [4.69, 9.17) is 11.6 Å². The second-order valence-corrected chi connectivity index (χ2v) is 7.62. The zero-order valence-electron chi connectivity index (χ0n) is 15.9. The standard InChI is InChI=1S/C20H19ClF3N5O/c21-17-18(14-5-6-14)29(27-19(17)20(22,23)24)10-7-16(30)26-15-4-1-3-13(11-15)12-28-9-2-8-25-28/h1-4,8-9,11,14H,5-7,10,12H2,(H,26,30). The van der Waals surface area contributed by atoms with Crippen LogP contribution in [0.4, 0.5) is 18.9 Å². The average molecular weight is 438 g/mol. The second-order valence-electron chi connectivity index (χ2n) is 7.25. The van der Waals surface area contributed by atoms with Gasteiger partial charge in [-0.1, -0.05) is 23.7 Å². The molecule has 0 bridgehead atoms. The minimum Gasteiger partial charge on any atom is -0.326 e. The molecule has 1 aromatic carbocycles. The Kier molecular flexibility index (Phi) is 5.55. The molecule has 3 aromatic rings. The van der Waals surface area contributed by atoms with Gasteiger partial charge in [0.1, 0.15) is 0 Å². The molecule has 30 heavy (non-hydrogen) atoms. The third-order valence-electron chi connectivity index (χ3n) is 4.83. The maximum absolute atomic E-state index is 13.1. The van der Waals surface area contributed by atoms with Crippen molar-refractivity contribution in [1.29, 1.82) is 0 Å². The molecule has 1 amide bonds. The Morgan fingerprint density at radius 3 is 2.73 bits per heavy atom. The molecule has 10 heteroatoms. The van der Waals surface area contributed by atoms with Crippen molar-refractivity contribution in [3.63, 3.8) is 0 Å². The van der Waals surface area contributed by atoms with Gasteiger partial charge in [0.2, 0.25) is 5.91 Å². The number of rotatable bonds is 7. The van der Waals surface area contributed by atoms with Gasteiger partial charge in [-0.3, -0.25) is 14.2 Å². The third-order valence-corrected chi connectivity index (χ3v) is 5.20. The van der Waals surface area contributed by atoms with E-state index in [0.717, 1.165) is 18.4 Å². The molecule has 0 unspecified atom stereocenters. The predicted molar refractivity (Wildman–Crippen MR) is 105 cm³/mol. The van der Waals surface area contributed by atoms with Gasteiger partial charge in [-0.15, -0.1) is 0 Å². The number of halogens is 4. The number of nitrogens with one attached hydrogen (secondary N) is 1. The highest BCUT2D eigenvalue weighted by Crippen LogP contribution is 2.46. The maximum atomic E-state index is 13.1. The summed E-state index contributed by atoms with van der Waals surface area (Å²) in [4.78, 5) is 12.4. The molecule has 1 aliphatic rings. The lowest BCUT2D eigenvalue weighted by Crippen LogP contribution is -2.16. The number of amides is 1. The van der Waals surface area contributed by atoms with Crippen molar-refractivity contribution in [2.24, 2.45) is 0 Å². The Labute approximate surface area is 175 Å². The molecule has 1 saturated carbocycles. The van der Waals surface area contributed by atoms with Crippen LogP contribution in [0.15, 0.2) is 42.7 Å². The van der Waals surface area contributed by atoms with Crippen LogP contribution in [0.25, 0.3) is 0 Å². The van der Waals surface area contributed by atoms with Crippen molar-refractivity contribution < 1.29 is 18.0 Å². The molecule has 1 fully saturated rings. The van der Waals surface area contributed by atoms with Crippen molar-refractivity contribution in [3.05, 3.63) is 64.7 Å². The van der Waals surface area contributed by atoms with Gasteiger partial charge in [0.25, 0.3) is 0 Å². The van der Waals surface area contributed by atoms with Crippen molar-refractivity contribution >= 4 is 23.2 Å². The normalized spacial score (nSPS) is 14.1. The molecule has 1 aliphatic carbocycles. The Hall–Kier alpha value is -2.81. The van der Waals surface area contributed by atoms with Crippen LogP contribution in [0, 0.1) is 0 Å². The van der Waals surface area contributed by atoms with E-state index in [1.54, 1.807) is 16.9 Å². The van der Waals surface area contributed by atoms with Gasteiger partial charge < -0.3 is 5.32 Å². The minimum absolute atomic E-state index is 0.0155. The number of hydrogen-bond donors (Lipinski definition) is 1. The highest BCUT2D eigenvalue weighted by molar-refractivity contribution is 6.32. The highest BCUT2D eigenvalue weighted by atomic mass is 35.5. The van der Waals surface area contributed by atoms with Gasteiger partial charge in [0.05, 0.1) is 23.8 Å². The summed E-state index contributed by atoms with van der Waals surface area (Å²) in [7, 11) is 0. The lowest BCUT2D eigenvalue weighted by atomic mass is 10.2. The van der Waals surface area contributed by atoms with Crippen LogP contribution < -0.4 is 5.32 Å². The largest absolute Gasteiger partial charge is 0.436 e. The van der Waals surface area contributed by atoms with E-state index >= 15 is 0 Å². The summed E-state index contributed by atoms with van der Waals surface area (Å²) in [6.07, 6.45) is 0.442. The van der Waals surface area contributed by atoms with Crippen LogP contribution in [0.3, 0.4) is 0 Å². The monoisotopic (exact) mass is 437 g/mol. The van der Waals surface area contributed by atoms with E-state index in [9.17, 15) is 18.0 Å². The molecule has 0 aliphatic heterocycles. The number of aryl methyl sites for hydroxylation is 1. The van der Waals surface area contributed by atoms with E-state index < -0.39 is 11.9 Å². The summed E-state index contributed by atoms with van der Waals surface area (Å²) in [5.41, 5.74) is 0.860. The lowest BCUT2D eigenvalue weighted by molar-refractivity contribution is -0.141. The Bertz CT molecular complexity index is 1040. The molecule has 0 spiro atoms. The van der Waals surface area contributed by atoms with Gasteiger partial charge in [-0.25, -0.2) is 0 Å². The zero-order valence-corrected chi connectivity index (χ0v) is 16.6. The molecular formula is C20H19ClF3N5O. The van der Waals surface area contributed by atoms with Crippen LogP contribution in [0.5, 0.6) is 0 Å². The first-order valence-corrected chi connectivity index (χ1v) is 9.88. The summed E-state index contributed by atoms with van der Waals surface area (Å²) in [5, 5.41) is 10.2. The topological polar surface area (TPSA) is 64.7 Å². The molecule has 4 rings (SSSR count). The van der Waals surface area contributed by atoms with Crippen LogP contribution in [0.1, 0.15) is 42.1 Å². The third kappa shape index (κ3) is 4.67. The number of benzene rings is 1. The SMILES string of the molecule is O=C(CCn1nc(C(F)(F)F)c(Cl)c1C1CC1)Nc1cccc(Cn2cccn2)c1. The molecular weight excluding hydrogens is 419 g/mol. The summed E-state index contributed by atoms with van der Waals surface area (Å²) < 4.78 is 42.4. The Morgan fingerprint density at radius 2 is 2.07 bits per heavy atom. The summed E-state index contributed by atoms with van der Waals surface area (Å²) in [6.45, 7) is 0.591. The van der Waals surface area contributed by atoms with E-state index in [2.05, 4.69) is 15.5 Å². The molecule has 1 N–H and O–H groups in total. The van der Waals surface area contributed by atoms with Gasteiger partial charge in [-0.2, -0.15) is 23.4 Å². The summed E-state index contributed by atoms with van der Waals surface area (Å²) in [5.74, 6) is -0.337. The zero-order chi connectivity index (χ0) is 21.3. The fraction of sp³-hybridized carbons (Fsp3) is 0.350. The smallest absolute Gasteiger partial charge is 0.326 e. The first kappa shape index (κ1) is 20.5. The quantitative estimate of drug-likeness (QED) is 0.582. The first-order valence-electron chi connectivity index (χ1n) is 9.51. The fourth-order valence-electron chi connectivity index (χ4n) is 3.31. The van der Waals surface area contributed by atoms with Gasteiger partial charge >= 0.3 is 6.18 Å². The van der Waals surface area contributed by atoms with Gasteiger partial charge in [0.15, 0.2) is 5.69 Å². The van der Waals surface area contributed by atoms with Crippen LogP contribution >= 0.6 is 11.6 Å². The van der Waals surface area contributed by atoms with Crippen LogP contribution in [0.2, 0.25) is 5.02 Å². The van der Waals surface area contributed by atoms with E-state index in [-0.39, 0.29) is 29.8 Å². The molecule has 6 nitrogen and oxygen atoms in total. The van der Waals surface area contributed by atoms with Crippen LogP contribution in [-0.4, -0.2) is 25.5 Å². The molecule has 2 aromatic heterocycles. The van der Waals surface area contributed by atoms with Crippen molar-refractivity contribution in [2.45, 2.75) is 44.4 Å². The molecule has 158 valence electrons. The fourth-order valence-corrected chi connectivity index (χ4v) is 3.71. The number of hydrogen-bond acceptors (Lipinski definition) is 3.